The average Bonchev–Trinajstić information content (AvgIpc) is 3.16. The smallest absolute Gasteiger partial charge is 0.254 e. The average molecular weight is 345 g/mol. The highest BCUT2D eigenvalue weighted by Gasteiger charge is 2.11. The molecule has 4 rings (SSSR count). The summed E-state index contributed by atoms with van der Waals surface area (Å²) in [6.07, 6.45) is 1.55. The highest BCUT2D eigenvalue weighted by molar-refractivity contribution is 5.65. The van der Waals surface area contributed by atoms with Crippen LogP contribution in [0.15, 0.2) is 73.1 Å². The third kappa shape index (κ3) is 3.55. The SMILES string of the molecule is OC(CNc1cc(-c2ccccc2)nc2ncnn12)Cc1ccccc1. The van der Waals surface area contributed by atoms with E-state index in [1.807, 2.05) is 66.7 Å². The molecule has 0 aliphatic rings. The van der Waals surface area contributed by atoms with E-state index < -0.39 is 6.10 Å². The molecule has 4 aromatic rings. The van der Waals surface area contributed by atoms with E-state index in [0.717, 1.165) is 22.6 Å². The summed E-state index contributed by atoms with van der Waals surface area (Å²) in [5, 5.41) is 17.8. The Hall–Kier alpha value is -3.25. The molecule has 0 spiro atoms. The molecule has 0 fully saturated rings. The van der Waals surface area contributed by atoms with Crippen LogP contribution in [0.25, 0.3) is 17.0 Å². The van der Waals surface area contributed by atoms with Crippen LogP contribution in [0.4, 0.5) is 5.82 Å². The molecule has 1 unspecified atom stereocenters. The fourth-order valence-corrected chi connectivity index (χ4v) is 2.88. The van der Waals surface area contributed by atoms with Gasteiger partial charge in [-0.15, -0.1) is 0 Å². The first-order valence-corrected chi connectivity index (χ1v) is 8.51. The number of aromatic nitrogens is 4. The number of hydrogen-bond acceptors (Lipinski definition) is 5. The molecule has 0 aliphatic carbocycles. The van der Waals surface area contributed by atoms with Crippen LogP contribution in [0, 0.1) is 0 Å². The topological polar surface area (TPSA) is 75.3 Å². The minimum Gasteiger partial charge on any atom is -0.391 e. The van der Waals surface area contributed by atoms with Gasteiger partial charge in [0, 0.05) is 24.6 Å². The molecule has 26 heavy (non-hydrogen) atoms. The summed E-state index contributed by atoms with van der Waals surface area (Å²) >= 11 is 0. The second-order valence-corrected chi connectivity index (χ2v) is 6.09. The van der Waals surface area contributed by atoms with Gasteiger partial charge in [0.25, 0.3) is 5.78 Å². The fourth-order valence-electron chi connectivity index (χ4n) is 2.88. The lowest BCUT2D eigenvalue weighted by molar-refractivity contribution is 0.188. The van der Waals surface area contributed by atoms with Gasteiger partial charge in [-0.25, -0.2) is 4.98 Å². The van der Waals surface area contributed by atoms with Crippen molar-refractivity contribution in [2.24, 2.45) is 0 Å². The summed E-state index contributed by atoms with van der Waals surface area (Å²) in [4.78, 5) is 8.75. The molecule has 0 bridgehead atoms. The number of anilines is 1. The van der Waals surface area contributed by atoms with Crippen molar-refractivity contribution in [1.29, 1.82) is 0 Å². The number of hydrogen-bond donors (Lipinski definition) is 2. The third-order valence-electron chi connectivity index (χ3n) is 4.15. The van der Waals surface area contributed by atoms with Gasteiger partial charge < -0.3 is 10.4 Å². The molecule has 0 aliphatic heterocycles. The Bertz CT molecular complexity index is 985. The molecule has 1 atom stereocenters. The Morgan fingerprint density at radius 3 is 2.50 bits per heavy atom. The van der Waals surface area contributed by atoms with E-state index in [4.69, 9.17) is 0 Å². The van der Waals surface area contributed by atoms with Gasteiger partial charge in [-0.05, 0) is 5.56 Å². The van der Waals surface area contributed by atoms with E-state index in [0.29, 0.717) is 18.7 Å². The first kappa shape index (κ1) is 16.2. The normalized spacial score (nSPS) is 12.2. The standard InChI is InChI=1S/C20H19N5O/c26-17(11-15-7-3-1-4-8-15)13-21-19-12-18(16-9-5-2-6-10-16)24-20-22-14-23-25(19)20/h1-10,12,14,17,21,26H,11,13H2. The number of nitrogens with one attached hydrogen (secondary N) is 1. The number of nitrogens with zero attached hydrogens (tertiary/aromatic N) is 4. The molecular weight excluding hydrogens is 326 g/mol. The number of benzene rings is 2. The number of fused-ring (bicyclic) bond motifs is 1. The lowest BCUT2D eigenvalue weighted by Gasteiger charge is -2.14. The minimum absolute atomic E-state index is 0.405. The van der Waals surface area contributed by atoms with E-state index in [-0.39, 0.29) is 0 Å². The summed E-state index contributed by atoms with van der Waals surface area (Å²) in [5.41, 5.74) is 2.92. The molecule has 6 nitrogen and oxygen atoms in total. The number of rotatable bonds is 6. The van der Waals surface area contributed by atoms with E-state index in [1.165, 1.54) is 6.33 Å². The highest BCUT2D eigenvalue weighted by Crippen LogP contribution is 2.21. The van der Waals surface area contributed by atoms with Crippen LogP contribution in [0.5, 0.6) is 0 Å². The zero-order chi connectivity index (χ0) is 17.8. The Kier molecular flexibility index (Phi) is 4.57. The molecule has 0 saturated heterocycles. The first-order valence-electron chi connectivity index (χ1n) is 8.51. The van der Waals surface area contributed by atoms with E-state index in [1.54, 1.807) is 4.52 Å². The van der Waals surface area contributed by atoms with Gasteiger partial charge >= 0.3 is 0 Å². The molecule has 0 amide bonds. The zero-order valence-corrected chi connectivity index (χ0v) is 14.2. The fraction of sp³-hybridized carbons (Fsp3) is 0.150. The van der Waals surface area contributed by atoms with E-state index in [2.05, 4.69) is 20.4 Å². The number of aliphatic hydroxyl groups excluding tert-OH is 1. The predicted octanol–water partition coefficient (Wildman–Crippen LogP) is 2.81. The molecule has 2 N–H and O–H groups in total. The van der Waals surface area contributed by atoms with Crippen LogP contribution in [0.1, 0.15) is 5.56 Å². The van der Waals surface area contributed by atoms with Gasteiger partial charge in [-0.3, -0.25) is 0 Å². The van der Waals surface area contributed by atoms with Crippen molar-refractivity contribution >= 4 is 11.6 Å². The molecule has 2 aromatic heterocycles. The minimum atomic E-state index is -0.510. The monoisotopic (exact) mass is 345 g/mol. The number of aliphatic hydroxyl groups is 1. The maximum absolute atomic E-state index is 10.3. The molecule has 6 heteroatoms. The Morgan fingerprint density at radius 2 is 1.73 bits per heavy atom. The summed E-state index contributed by atoms with van der Waals surface area (Å²) in [7, 11) is 0. The van der Waals surface area contributed by atoms with Gasteiger partial charge in [0.2, 0.25) is 0 Å². The van der Waals surface area contributed by atoms with Crippen molar-refractivity contribution in [3.05, 3.63) is 78.6 Å². The van der Waals surface area contributed by atoms with E-state index in [9.17, 15) is 5.11 Å². The van der Waals surface area contributed by atoms with Gasteiger partial charge in [0.1, 0.15) is 12.1 Å². The van der Waals surface area contributed by atoms with Gasteiger partial charge in [-0.2, -0.15) is 14.6 Å². The largest absolute Gasteiger partial charge is 0.391 e. The molecule has 0 saturated carbocycles. The second-order valence-electron chi connectivity index (χ2n) is 6.09. The van der Waals surface area contributed by atoms with Crippen molar-refractivity contribution in [3.63, 3.8) is 0 Å². The maximum atomic E-state index is 10.3. The lowest BCUT2D eigenvalue weighted by Crippen LogP contribution is -2.23. The van der Waals surface area contributed by atoms with Crippen molar-refractivity contribution in [1.82, 2.24) is 19.6 Å². The molecule has 0 radical (unpaired) electrons. The van der Waals surface area contributed by atoms with Crippen LogP contribution in [-0.2, 0) is 6.42 Å². The maximum Gasteiger partial charge on any atom is 0.254 e. The molecular formula is C20H19N5O. The van der Waals surface area contributed by atoms with Gasteiger partial charge in [-0.1, -0.05) is 60.7 Å². The molecule has 2 aromatic carbocycles. The van der Waals surface area contributed by atoms with Gasteiger partial charge in [0.05, 0.1) is 11.8 Å². The summed E-state index contributed by atoms with van der Waals surface area (Å²) < 4.78 is 1.64. The highest BCUT2D eigenvalue weighted by atomic mass is 16.3. The molecule has 130 valence electrons. The van der Waals surface area contributed by atoms with Crippen LogP contribution in [-0.4, -0.2) is 37.3 Å². The van der Waals surface area contributed by atoms with Crippen LogP contribution in [0.3, 0.4) is 0 Å². The second kappa shape index (κ2) is 7.33. The van der Waals surface area contributed by atoms with Gasteiger partial charge in [0.15, 0.2) is 0 Å². The van der Waals surface area contributed by atoms with Crippen LogP contribution >= 0.6 is 0 Å². The predicted molar refractivity (Wildman–Crippen MR) is 101 cm³/mol. The third-order valence-corrected chi connectivity index (χ3v) is 4.15. The quantitative estimate of drug-likeness (QED) is 0.562. The molecule has 2 heterocycles. The Labute approximate surface area is 151 Å². The van der Waals surface area contributed by atoms with Crippen molar-refractivity contribution in [2.75, 3.05) is 11.9 Å². The summed E-state index contributed by atoms with van der Waals surface area (Å²) in [6.45, 7) is 0.405. The van der Waals surface area contributed by atoms with E-state index >= 15 is 0 Å². The Balaban J connectivity index is 1.55. The summed E-state index contributed by atoms with van der Waals surface area (Å²) in [5.74, 6) is 1.27. The van der Waals surface area contributed by atoms with Crippen LogP contribution in [0.2, 0.25) is 0 Å². The van der Waals surface area contributed by atoms with Crippen LogP contribution < -0.4 is 5.32 Å². The lowest BCUT2D eigenvalue weighted by atomic mass is 10.1. The Morgan fingerprint density at radius 1 is 1.00 bits per heavy atom. The van der Waals surface area contributed by atoms with Crippen molar-refractivity contribution < 1.29 is 5.11 Å². The van der Waals surface area contributed by atoms with Crippen molar-refractivity contribution in [2.45, 2.75) is 12.5 Å². The summed E-state index contributed by atoms with van der Waals surface area (Å²) in [6, 6.07) is 21.8. The zero-order valence-electron chi connectivity index (χ0n) is 14.2. The van der Waals surface area contributed by atoms with Crippen molar-refractivity contribution in [3.8, 4) is 11.3 Å². The first-order chi connectivity index (χ1) is 12.8.